The zero-order valence-corrected chi connectivity index (χ0v) is 15.4. The molecule has 2 aromatic carbocycles. The Hall–Kier alpha value is -0.700. The average Bonchev–Trinajstić information content (AvgIpc) is 2.39. The molecule has 0 aliphatic heterocycles. The molecule has 1 nitrogen and oxygen atoms in total. The van der Waals surface area contributed by atoms with Gasteiger partial charge in [0.1, 0.15) is 0 Å². The van der Waals surface area contributed by atoms with Gasteiger partial charge in [0, 0.05) is 20.2 Å². The minimum Gasteiger partial charge on any atom is -0.378 e. The van der Waals surface area contributed by atoms with Gasteiger partial charge in [-0.05, 0) is 61.2 Å². The largest absolute Gasteiger partial charge is 0.378 e. The van der Waals surface area contributed by atoms with Crippen LogP contribution in [0.25, 0.3) is 0 Å². The highest BCUT2D eigenvalue weighted by atomic mass is 79.9. The Morgan fingerprint density at radius 1 is 1.10 bits per heavy atom. The summed E-state index contributed by atoms with van der Waals surface area (Å²) >= 11 is 15.9. The molecule has 0 aliphatic carbocycles. The Balaban J connectivity index is 2.36. The summed E-state index contributed by atoms with van der Waals surface area (Å²) in [4.78, 5) is 0. The molecule has 0 fully saturated rings. The quantitative estimate of drug-likeness (QED) is 0.600. The predicted molar refractivity (Wildman–Crippen MR) is 96.7 cm³/mol. The first-order chi connectivity index (χ1) is 9.92. The number of hydrogen-bond donors (Lipinski definition) is 1. The third-order valence-electron chi connectivity index (χ3n) is 3.56. The summed E-state index contributed by atoms with van der Waals surface area (Å²) in [6, 6.07) is 10.1. The molecule has 0 saturated carbocycles. The summed E-state index contributed by atoms with van der Waals surface area (Å²) < 4.78 is 1.10. The number of aryl methyl sites for hydroxylation is 2. The zero-order valence-electron chi connectivity index (χ0n) is 12.3. The van der Waals surface area contributed by atoms with Crippen molar-refractivity contribution < 1.29 is 0 Å². The number of hydrogen-bond acceptors (Lipinski definition) is 1. The van der Waals surface area contributed by atoms with Crippen LogP contribution in [0.5, 0.6) is 0 Å². The van der Waals surface area contributed by atoms with E-state index in [4.69, 9.17) is 23.2 Å². The van der Waals surface area contributed by atoms with E-state index in [1.807, 2.05) is 12.1 Å². The van der Waals surface area contributed by atoms with Gasteiger partial charge >= 0.3 is 0 Å². The first kappa shape index (κ1) is 16.7. The third kappa shape index (κ3) is 3.94. The van der Waals surface area contributed by atoms with Crippen LogP contribution in [0.3, 0.4) is 0 Å². The predicted octanol–water partition coefficient (Wildman–Crippen LogP) is 6.94. The summed E-state index contributed by atoms with van der Waals surface area (Å²) in [6.07, 6.45) is 0.941. The molecule has 0 bridgehead atoms. The van der Waals surface area contributed by atoms with Crippen LogP contribution < -0.4 is 5.32 Å². The average molecular weight is 387 g/mol. The highest BCUT2D eigenvalue weighted by molar-refractivity contribution is 9.10. The van der Waals surface area contributed by atoms with Crippen molar-refractivity contribution in [1.82, 2.24) is 0 Å². The van der Waals surface area contributed by atoms with Crippen LogP contribution in [0.2, 0.25) is 10.0 Å². The fourth-order valence-corrected chi connectivity index (χ4v) is 3.72. The Morgan fingerprint density at radius 3 is 2.24 bits per heavy atom. The lowest BCUT2D eigenvalue weighted by Gasteiger charge is -2.23. The molecule has 2 aromatic rings. The Kier molecular flexibility index (Phi) is 5.59. The molecule has 0 spiro atoms. The van der Waals surface area contributed by atoms with Crippen molar-refractivity contribution in [3.05, 3.63) is 61.5 Å². The molecule has 1 unspecified atom stereocenters. The molecular weight excluding hydrogens is 369 g/mol. The molecule has 4 heteroatoms. The maximum Gasteiger partial charge on any atom is 0.0526 e. The van der Waals surface area contributed by atoms with Gasteiger partial charge in [0.25, 0.3) is 0 Å². The topological polar surface area (TPSA) is 12.0 Å². The van der Waals surface area contributed by atoms with Gasteiger partial charge in [-0.2, -0.15) is 0 Å². The standard InChI is InChI=1S/C17H18BrCl2N/c1-4-16(14-6-5-13(19)9-15(14)20)21-17-10(2)7-12(18)8-11(17)3/h5-9,16,21H,4H2,1-3H3. The van der Waals surface area contributed by atoms with Crippen LogP contribution in [-0.2, 0) is 0 Å². The second kappa shape index (κ2) is 7.04. The second-order valence-corrected chi connectivity index (χ2v) is 6.94. The summed E-state index contributed by atoms with van der Waals surface area (Å²) in [7, 11) is 0. The molecule has 1 atom stereocenters. The van der Waals surface area contributed by atoms with Crippen molar-refractivity contribution in [1.29, 1.82) is 0 Å². The fraction of sp³-hybridized carbons (Fsp3) is 0.294. The minimum absolute atomic E-state index is 0.161. The Morgan fingerprint density at radius 2 is 1.71 bits per heavy atom. The molecule has 0 heterocycles. The molecule has 21 heavy (non-hydrogen) atoms. The van der Waals surface area contributed by atoms with Gasteiger partial charge in [-0.25, -0.2) is 0 Å². The normalized spacial score (nSPS) is 12.3. The van der Waals surface area contributed by atoms with Crippen molar-refractivity contribution in [2.75, 3.05) is 5.32 Å². The van der Waals surface area contributed by atoms with Crippen LogP contribution >= 0.6 is 39.1 Å². The fourth-order valence-electron chi connectivity index (χ4n) is 2.50. The smallest absolute Gasteiger partial charge is 0.0526 e. The molecule has 2 rings (SSSR count). The molecule has 0 aliphatic rings. The maximum atomic E-state index is 6.34. The second-order valence-electron chi connectivity index (χ2n) is 5.19. The van der Waals surface area contributed by atoms with Crippen molar-refractivity contribution in [3.63, 3.8) is 0 Å². The third-order valence-corrected chi connectivity index (χ3v) is 4.58. The van der Waals surface area contributed by atoms with Gasteiger partial charge in [-0.1, -0.05) is 52.1 Å². The van der Waals surface area contributed by atoms with E-state index in [0.29, 0.717) is 10.0 Å². The lowest BCUT2D eigenvalue weighted by molar-refractivity contribution is 0.747. The zero-order chi connectivity index (χ0) is 15.6. The number of halogens is 3. The number of nitrogens with one attached hydrogen (secondary N) is 1. The van der Waals surface area contributed by atoms with Crippen molar-refractivity contribution in [3.8, 4) is 0 Å². The van der Waals surface area contributed by atoms with Gasteiger partial charge in [-0.15, -0.1) is 0 Å². The van der Waals surface area contributed by atoms with Gasteiger partial charge in [0.05, 0.1) is 6.04 Å². The Labute approximate surface area is 144 Å². The number of benzene rings is 2. The van der Waals surface area contributed by atoms with E-state index in [0.717, 1.165) is 22.1 Å². The summed E-state index contributed by atoms with van der Waals surface area (Å²) in [5.41, 5.74) is 4.66. The van der Waals surface area contributed by atoms with Crippen LogP contribution in [0.15, 0.2) is 34.8 Å². The first-order valence-electron chi connectivity index (χ1n) is 6.90. The van der Waals surface area contributed by atoms with Crippen LogP contribution in [-0.4, -0.2) is 0 Å². The van der Waals surface area contributed by atoms with E-state index in [1.165, 1.54) is 11.1 Å². The van der Waals surface area contributed by atoms with E-state index in [-0.39, 0.29) is 6.04 Å². The highest BCUT2D eigenvalue weighted by Gasteiger charge is 2.15. The van der Waals surface area contributed by atoms with E-state index in [9.17, 15) is 0 Å². The van der Waals surface area contributed by atoms with E-state index in [2.05, 4.69) is 54.2 Å². The van der Waals surface area contributed by atoms with Crippen molar-refractivity contribution in [2.45, 2.75) is 33.2 Å². The molecule has 0 radical (unpaired) electrons. The molecular formula is C17H18BrCl2N. The van der Waals surface area contributed by atoms with Crippen molar-refractivity contribution in [2.24, 2.45) is 0 Å². The van der Waals surface area contributed by atoms with E-state index in [1.54, 1.807) is 6.07 Å². The molecule has 112 valence electrons. The van der Waals surface area contributed by atoms with E-state index >= 15 is 0 Å². The van der Waals surface area contributed by atoms with Crippen LogP contribution in [0.1, 0.15) is 36.1 Å². The monoisotopic (exact) mass is 385 g/mol. The molecule has 0 aromatic heterocycles. The van der Waals surface area contributed by atoms with Crippen LogP contribution in [0.4, 0.5) is 5.69 Å². The lowest BCUT2D eigenvalue weighted by atomic mass is 10.0. The van der Waals surface area contributed by atoms with E-state index < -0.39 is 0 Å². The van der Waals surface area contributed by atoms with Gasteiger partial charge in [0.2, 0.25) is 0 Å². The van der Waals surface area contributed by atoms with Crippen LogP contribution in [0, 0.1) is 13.8 Å². The lowest BCUT2D eigenvalue weighted by Crippen LogP contribution is -2.12. The highest BCUT2D eigenvalue weighted by Crippen LogP contribution is 2.33. The Bertz CT molecular complexity index is 632. The summed E-state index contributed by atoms with van der Waals surface area (Å²) in [5.74, 6) is 0. The molecule has 1 N–H and O–H groups in total. The number of rotatable bonds is 4. The van der Waals surface area contributed by atoms with Gasteiger partial charge in [-0.3, -0.25) is 0 Å². The van der Waals surface area contributed by atoms with Gasteiger partial charge < -0.3 is 5.32 Å². The van der Waals surface area contributed by atoms with Gasteiger partial charge in [0.15, 0.2) is 0 Å². The van der Waals surface area contributed by atoms with Crippen molar-refractivity contribution >= 4 is 44.8 Å². The SMILES string of the molecule is CCC(Nc1c(C)cc(Br)cc1C)c1ccc(Cl)cc1Cl. The first-order valence-corrected chi connectivity index (χ1v) is 8.45. The summed E-state index contributed by atoms with van der Waals surface area (Å²) in [6.45, 7) is 6.36. The maximum absolute atomic E-state index is 6.34. The number of anilines is 1. The minimum atomic E-state index is 0.161. The summed E-state index contributed by atoms with van der Waals surface area (Å²) in [5, 5.41) is 4.99. The molecule has 0 saturated heterocycles. The molecule has 0 amide bonds.